The van der Waals surface area contributed by atoms with Gasteiger partial charge in [0.25, 0.3) is 10.0 Å². The molecule has 0 bridgehead atoms. The van der Waals surface area contributed by atoms with Crippen molar-refractivity contribution in [1.29, 1.82) is 0 Å². The fourth-order valence-electron chi connectivity index (χ4n) is 1.53. The minimum atomic E-state index is -3.85. The molecule has 0 aliphatic heterocycles. The van der Waals surface area contributed by atoms with Gasteiger partial charge in [-0.05, 0) is 34.1 Å². The summed E-state index contributed by atoms with van der Waals surface area (Å²) in [7, 11) is -2.40. The van der Waals surface area contributed by atoms with E-state index in [0.717, 1.165) is 4.68 Å². The molecule has 1 aromatic carbocycles. The van der Waals surface area contributed by atoms with Gasteiger partial charge in [-0.25, -0.2) is 22.2 Å². The Kier molecular flexibility index (Phi) is 4.57. The van der Waals surface area contributed by atoms with Crippen molar-refractivity contribution in [1.82, 2.24) is 19.7 Å². The molecule has 0 unspecified atom stereocenters. The molecule has 0 aliphatic rings. The van der Waals surface area contributed by atoms with E-state index in [1.54, 1.807) is 0 Å². The monoisotopic (exact) mass is 426 g/mol. The standard InChI is InChI=1S/C10H9Br2FN4O2S/c1-17-10(9(12)15-16-17)20(18,19)14-5-6-4-7(11)2-3-8(6)13/h2-4,14H,5H2,1H3. The molecule has 10 heteroatoms. The molecular weight excluding hydrogens is 419 g/mol. The predicted octanol–water partition coefficient (Wildman–Crippen LogP) is 1.96. The number of rotatable bonds is 4. The van der Waals surface area contributed by atoms with Crippen molar-refractivity contribution < 1.29 is 12.8 Å². The second kappa shape index (κ2) is 5.88. The van der Waals surface area contributed by atoms with Gasteiger partial charge in [-0.2, -0.15) is 0 Å². The lowest BCUT2D eigenvalue weighted by atomic mass is 10.2. The maximum Gasteiger partial charge on any atom is 0.260 e. The molecule has 0 radical (unpaired) electrons. The first-order valence-corrected chi connectivity index (χ1v) is 8.37. The van der Waals surface area contributed by atoms with Gasteiger partial charge < -0.3 is 0 Å². The van der Waals surface area contributed by atoms with Crippen LogP contribution in [-0.2, 0) is 23.6 Å². The Morgan fingerprint density at radius 3 is 2.70 bits per heavy atom. The summed E-state index contributed by atoms with van der Waals surface area (Å²) in [5.41, 5.74) is 0.231. The van der Waals surface area contributed by atoms with Crippen molar-refractivity contribution in [3.05, 3.63) is 38.7 Å². The van der Waals surface area contributed by atoms with E-state index in [9.17, 15) is 12.8 Å². The molecule has 1 N–H and O–H groups in total. The van der Waals surface area contributed by atoms with Crippen LogP contribution in [0.3, 0.4) is 0 Å². The summed E-state index contributed by atoms with van der Waals surface area (Å²) >= 11 is 6.21. The molecule has 108 valence electrons. The average molecular weight is 428 g/mol. The summed E-state index contributed by atoms with van der Waals surface area (Å²) in [5.74, 6) is -0.488. The highest BCUT2D eigenvalue weighted by molar-refractivity contribution is 9.10. The van der Waals surface area contributed by atoms with Gasteiger partial charge in [-0.3, -0.25) is 0 Å². The molecule has 0 spiro atoms. The molecule has 0 atom stereocenters. The van der Waals surface area contributed by atoms with E-state index in [0.29, 0.717) is 4.47 Å². The van der Waals surface area contributed by atoms with E-state index in [4.69, 9.17) is 0 Å². The number of hydrogen-bond donors (Lipinski definition) is 1. The van der Waals surface area contributed by atoms with Crippen LogP contribution in [0.1, 0.15) is 5.56 Å². The molecule has 20 heavy (non-hydrogen) atoms. The topological polar surface area (TPSA) is 76.9 Å². The summed E-state index contributed by atoms with van der Waals surface area (Å²) in [6, 6.07) is 4.30. The summed E-state index contributed by atoms with van der Waals surface area (Å²) < 4.78 is 42.0. The molecule has 0 saturated carbocycles. The Morgan fingerprint density at radius 2 is 2.10 bits per heavy atom. The number of aromatic nitrogens is 3. The normalized spacial score (nSPS) is 11.8. The number of hydrogen-bond acceptors (Lipinski definition) is 4. The van der Waals surface area contributed by atoms with Gasteiger partial charge in [0.15, 0.2) is 4.60 Å². The largest absolute Gasteiger partial charge is 0.260 e. The Hall–Kier alpha value is -0.840. The number of benzene rings is 1. The quantitative estimate of drug-likeness (QED) is 0.808. The first-order valence-electron chi connectivity index (χ1n) is 5.30. The van der Waals surface area contributed by atoms with Crippen molar-refractivity contribution in [2.75, 3.05) is 0 Å². The van der Waals surface area contributed by atoms with E-state index < -0.39 is 15.8 Å². The Bertz CT molecular complexity index is 728. The van der Waals surface area contributed by atoms with Gasteiger partial charge in [0.05, 0.1) is 0 Å². The first kappa shape index (κ1) is 15.5. The highest BCUT2D eigenvalue weighted by Crippen LogP contribution is 2.19. The first-order chi connectivity index (χ1) is 9.31. The van der Waals surface area contributed by atoms with E-state index >= 15 is 0 Å². The molecule has 1 heterocycles. The zero-order chi connectivity index (χ0) is 14.9. The Morgan fingerprint density at radius 1 is 1.40 bits per heavy atom. The number of aryl methyl sites for hydroxylation is 1. The third-order valence-corrected chi connectivity index (χ3v) is 5.23. The van der Waals surface area contributed by atoms with Crippen molar-refractivity contribution in [2.24, 2.45) is 7.05 Å². The number of halogens is 3. The summed E-state index contributed by atoms with van der Waals surface area (Å²) in [6.45, 7) is -0.175. The highest BCUT2D eigenvalue weighted by Gasteiger charge is 2.23. The van der Waals surface area contributed by atoms with E-state index in [2.05, 4.69) is 46.9 Å². The summed E-state index contributed by atoms with van der Waals surface area (Å²) in [4.78, 5) is 0. The van der Waals surface area contributed by atoms with Crippen molar-refractivity contribution in [2.45, 2.75) is 11.6 Å². The lowest BCUT2D eigenvalue weighted by Gasteiger charge is -2.08. The van der Waals surface area contributed by atoms with Gasteiger partial charge >= 0.3 is 0 Å². The lowest BCUT2D eigenvalue weighted by Crippen LogP contribution is -2.26. The van der Waals surface area contributed by atoms with Crippen LogP contribution in [0.25, 0.3) is 0 Å². The molecule has 2 rings (SSSR count). The smallest absolute Gasteiger partial charge is 0.235 e. The van der Waals surface area contributed by atoms with Crippen LogP contribution in [-0.4, -0.2) is 23.4 Å². The minimum absolute atomic E-state index is 0.0993. The molecule has 1 aromatic heterocycles. The number of nitrogens with one attached hydrogen (secondary N) is 1. The summed E-state index contributed by atoms with van der Waals surface area (Å²) in [5, 5.41) is 7.07. The van der Waals surface area contributed by atoms with Gasteiger partial charge in [-0.15, -0.1) is 5.10 Å². The third-order valence-electron chi connectivity index (χ3n) is 2.45. The molecule has 0 amide bonds. The SMILES string of the molecule is Cn1nnc(Br)c1S(=O)(=O)NCc1cc(Br)ccc1F. The van der Waals surface area contributed by atoms with Gasteiger partial charge in [-0.1, -0.05) is 21.1 Å². The second-order valence-corrected chi connectivity index (χ2v) is 7.22. The molecule has 6 nitrogen and oxygen atoms in total. The molecule has 0 aliphatic carbocycles. The lowest BCUT2D eigenvalue weighted by molar-refractivity contribution is 0.556. The molecule has 0 fully saturated rings. The minimum Gasteiger partial charge on any atom is -0.235 e. The fraction of sp³-hybridized carbons (Fsp3) is 0.200. The fourth-order valence-corrected chi connectivity index (χ4v) is 4.03. The Balaban J connectivity index is 2.24. The zero-order valence-corrected chi connectivity index (χ0v) is 14.1. The molecule has 0 saturated heterocycles. The van der Waals surface area contributed by atoms with Crippen LogP contribution < -0.4 is 4.72 Å². The highest BCUT2D eigenvalue weighted by atomic mass is 79.9. The summed E-state index contributed by atoms with van der Waals surface area (Å²) in [6.07, 6.45) is 0. The molecular formula is C10H9Br2FN4O2S. The van der Waals surface area contributed by atoms with E-state index in [1.807, 2.05) is 0 Å². The Labute approximate surface area is 131 Å². The predicted molar refractivity (Wildman–Crippen MR) is 76.8 cm³/mol. The maximum atomic E-state index is 13.6. The van der Waals surface area contributed by atoms with Crippen molar-refractivity contribution >= 4 is 41.9 Å². The van der Waals surface area contributed by atoms with Gasteiger partial charge in [0.1, 0.15) is 5.82 Å². The van der Waals surface area contributed by atoms with Gasteiger partial charge in [0, 0.05) is 23.6 Å². The third kappa shape index (κ3) is 3.25. The van der Waals surface area contributed by atoms with Crippen molar-refractivity contribution in [3.8, 4) is 0 Å². The van der Waals surface area contributed by atoms with Crippen LogP contribution >= 0.6 is 31.9 Å². The number of sulfonamides is 1. The van der Waals surface area contributed by atoms with Crippen molar-refractivity contribution in [3.63, 3.8) is 0 Å². The van der Waals surface area contributed by atoms with E-state index in [-0.39, 0.29) is 21.7 Å². The van der Waals surface area contributed by atoms with Crippen LogP contribution in [0.5, 0.6) is 0 Å². The number of nitrogens with zero attached hydrogens (tertiary/aromatic N) is 3. The van der Waals surface area contributed by atoms with Crippen LogP contribution in [0.2, 0.25) is 0 Å². The zero-order valence-electron chi connectivity index (χ0n) is 10.1. The van der Waals surface area contributed by atoms with Crippen LogP contribution in [0.15, 0.2) is 32.3 Å². The average Bonchev–Trinajstić information content (AvgIpc) is 2.71. The van der Waals surface area contributed by atoms with Gasteiger partial charge in [0.2, 0.25) is 5.03 Å². The van der Waals surface area contributed by atoms with E-state index in [1.165, 1.54) is 25.2 Å². The van der Waals surface area contributed by atoms with Crippen LogP contribution in [0.4, 0.5) is 4.39 Å². The maximum absolute atomic E-state index is 13.6. The van der Waals surface area contributed by atoms with Crippen LogP contribution in [0, 0.1) is 5.82 Å². The molecule has 2 aromatic rings. The second-order valence-electron chi connectivity index (χ2n) is 3.87.